The molecule has 37 heavy (non-hydrogen) atoms. The summed E-state index contributed by atoms with van der Waals surface area (Å²) in [7, 11) is 0. The highest BCUT2D eigenvalue weighted by atomic mass is 35.5. The monoisotopic (exact) mass is 551 g/mol. The standard InChI is InChI=1S/C28H28F3N3O.2ClH/c29-28(30,31)21-8-4-7-20(15-21)27(35)34-22-11-9-18(10-12-22)24-17-26(24)33-23-13-14-32-25(16-23)19-5-2-1-3-6-19;;/h1-12,15,23-26,32-33H,13-14,16-17H2,(H,34,35);2*1H/t23-,24?,25-,26?;;/m0../s1. The highest BCUT2D eigenvalue weighted by Gasteiger charge is 2.40. The third-order valence-corrected chi connectivity index (χ3v) is 6.89. The van der Waals surface area contributed by atoms with Crippen molar-refractivity contribution in [1.29, 1.82) is 0 Å². The molecular formula is C28H30Cl2F3N3O. The average Bonchev–Trinajstić information content (AvgIpc) is 3.63. The van der Waals surface area contributed by atoms with Gasteiger partial charge in [-0.2, -0.15) is 13.2 Å². The number of rotatable bonds is 6. The number of carbonyl (C=O) groups is 1. The largest absolute Gasteiger partial charge is 0.416 e. The van der Waals surface area contributed by atoms with Gasteiger partial charge in [0.25, 0.3) is 5.91 Å². The molecule has 0 bridgehead atoms. The van der Waals surface area contributed by atoms with E-state index in [4.69, 9.17) is 0 Å². The topological polar surface area (TPSA) is 53.2 Å². The molecule has 9 heteroatoms. The number of halogens is 5. The van der Waals surface area contributed by atoms with Gasteiger partial charge in [-0.15, -0.1) is 24.8 Å². The molecule has 2 aliphatic rings. The van der Waals surface area contributed by atoms with E-state index in [0.29, 0.717) is 29.7 Å². The molecule has 0 spiro atoms. The number of benzene rings is 3. The Labute approximate surface area is 227 Å². The lowest BCUT2D eigenvalue weighted by Gasteiger charge is -2.31. The van der Waals surface area contributed by atoms with Crippen molar-refractivity contribution in [3.8, 4) is 0 Å². The van der Waals surface area contributed by atoms with E-state index in [2.05, 4.69) is 40.2 Å². The first-order chi connectivity index (χ1) is 16.9. The molecule has 1 aliphatic heterocycles. The van der Waals surface area contributed by atoms with Crippen molar-refractivity contribution in [3.63, 3.8) is 0 Å². The van der Waals surface area contributed by atoms with E-state index in [1.54, 1.807) is 0 Å². The lowest BCUT2D eigenvalue weighted by molar-refractivity contribution is -0.137. The molecule has 0 aromatic heterocycles. The van der Waals surface area contributed by atoms with E-state index in [-0.39, 0.29) is 30.4 Å². The van der Waals surface area contributed by atoms with Crippen LogP contribution >= 0.6 is 24.8 Å². The summed E-state index contributed by atoms with van der Waals surface area (Å²) in [6.07, 6.45) is -1.24. The van der Waals surface area contributed by atoms with Gasteiger partial charge in [-0.05, 0) is 67.3 Å². The maximum atomic E-state index is 12.9. The van der Waals surface area contributed by atoms with Gasteiger partial charge in [0, 0.05) is 35.3 Å². The lowest BCUT2D eigenvalue weighted by Crippen LogP contribution is -2.43. The molecule has 1 amide bonds. The number of hydrogen-bond donors (Lipinski definition) is 3. The van der Waals surface area contributed by atoms with Crippen LogP contribution in [0.1, 0.15) is 58.3 Å². The SMILES string of the molecule is Cl.Cl.O=C(Nc1ccc(C2CC2N[C@H]2CCN[C@H](c3ccccc3)C2)cc1)c1cccc(C(F)(F)F)c1. The number of nitrogens with one attached hydrogen (secondary N) is 3. The number of amides is 1. The van der Waals surface area contributed by atoms with Gasteiger partial charge in [-0.1, -0.05) is 48.5 Å². The second kappa shape index (κ2) is 12.3. The van der Waals surface area contributed by atoms with Gasteiger partial charge < -0.3 is 16.0 Å². The molecule has 198 valence electrons. The summed E-state index contributed by atoms with van der Waals surface area (Å²) in [5, 5.41) is 10.1. The quantitative estimate of drug-likeness (QED) is 0.318. The van der Waals surface area contributed by atoms with Crippen LogP contribution in [-0.4, -0.2) is 24.5 Å². The molecule has 3 aromatic carbocycles. The van der Waals surface area contributed by atoms with E-state index in [9.17, 15) is 18.0 Å². The second-order valence-corrected chi connectivity index (χ2v) is 9.41. The van der Waals surface area contributed by atoms with Crippen LogP contribution < -0.4 is 16.0 Å². The van der Waals surface area contributed by atoms with Crippen LogP contribution in [-0.2, 0) is 6.18 Å². The van der Waals surface area contributed by atoms with Gasteiger partial charge in [0.2, 0.25) is 0 Å². The Morgan fingerprint density at radius 2 is 1.59 bits per heavy atom. The molecule has 4 nitrogen and oxygen atoms in total. The highest BCUT2D eigenvalue weighted by Crippen LogP contribution is 2.42. The third kappa shape index (κ3) is 7.26. The summed E-state index contributed by atoms with van der Waals surface area (Å²) in [5.74, 6) is -0.123. The lowest BCUT2D eigenvalue weighted by atomic mass is 9.93. The number of anilines is 1. The molecular weight excluding hydrogens is 522 g/mol. The molecule has 3 aromatic rings. The van der Waals surface area contributed by atoms with Crippen molar-refractivity contribution in [2.45, 2.75) is 49.5 Å². The summed E-state index contributed by atoms with van der Waals surface area (Å²) < 4.78 is 38.8. The summed E-state index contributed by atoms with van der Waals surface area (Å²) in [5.41, 5.74) is 2.23. The van der Waals surface area contributed by atoms with Gasteiger partial charge in [0.05, 0.1) is 5.56 Å². The van der Waals surface area contributed by atoms with E-state index >= 15 is 0 Å². The first-order valence-electron chi connectivity index (χ1n) is 12.0. The maximum Gasteiger partial charge on any atom is 0.416 e. The Hall–Kier alpha value is -2.58. The number of carbonyl (C=O) groups excluding carboxylic acids is 1. The fourth-order valence-electron chi connectivity index (χ4n) is 4.91. The average molecular weight is 552 g/mol. The van der Waals surface area contributed by atoms with E-state index in [1.165, 1.54) is 23.3 Å². The first kappa shape index (κ1) is 29.0. The molecule has 1 heterocycles. The second-order valence-electron chi connectivity index (χ2n) is 9.41. The van der Waals surface area contributed by atoms with Crippen LogP contribution in [0.3, 0.4) is 0 Å². The van der Waals surface area contributed by atoms with Crippen molar-refractivity contribution in [3.05, 3.63) is 101 Å². The Morgan fingerprint density at radius 1 is 0.865 bits per heavy atom. The molecule has 3 N–H and O–H groups in total. The minimum atomic E-state index is -4.48. The van der Waals surface area contributed by atoms with Crippen LogP contribution in [0.2, 0.25) is 0 Å². The van der Waals surface area contributed by atoms with E-state index in [0.717, 1.165) is 37.9 Å². The third-order valence-electron chi connectivity index (χ3n) is 6.89. The van der Waals surface area contributed by atoms with Crippen molar-refractivity contribution in [2.75, 3.05) is 11.9 Å². The summed E-state index contributed by atoms with van der Waals surface area (Å²) in [6.45, 7) is 0.995. The van der Waals surface area contributed by atoms with Gasteiger partial charge >= 0.3 is 6.18 Å². The summed E-state index contributed by atoms with van der Waals surface area (Å²) in [6, 6.07) is 23.9. The molecule has 5 rings (SSSR count). The zero-order valence-electron chi connectivity index (χ0n) is 20.0. The molecule has 2 fully saturated rings. The van der Waals surface area contributed by atoms with Gasteiger partial charge in [-0.3, -0.25) is 4.79 Å². The van der Waals surface area contributed by atoms with Crippen molar-refractivity contribution < 1.29 is 18.0 Å². The van der Waals surface area contributed by atoms with Crippen molar-refractivity contribution >= 4 is 36.4 Å². The zero-order chi connectivity index (χ0) is 24.4. The van der Waals surface area contributed by atoms with Crippen LogP contribution in [0.15, 0.2) is 78.9 Å². The fourth-order valence-corrected chi connectivity index (χ4v) is 4.91. The maximum absolute atomic E-state index is 12.9. The van der Waals surface area contributed by atoms with Gasteiger partial charge in [0.1, 0.15) is 0 Å². The van der Waals surface area contributed by atoms with Crippen LogP contribution in [0.5, 0.6) is 0 Å². The molecule has 1 saturated carbocycles. The van der Waals surface area contributed by atoms with E-state index in [1.807, 2.05) is 30.3 Å². The van der Waals surface area contributed by atoms with Crippen LogP contribution in [0, 0.1) is 0 Å². The minimum Gasteiger partial charge on any atom is -0.322 e. The molecule has 4 atom stereocenters. The van der Waals surface area contributed by atoms with Crippen molar-refractivity contribution in [2.24, 2.45) is 0 Å². The van der Waals surface area contributed by atoms with Gasteiger partial charge in [0.15, 0.2) is 0 Å². The molecule has 1 saturated heterocycles. The first-order valence-corrected chi connectivity index (χ1v) is 12.0. The summed E-state index contributed by atoms with van der Waals surface area (Å²) >= 11 is 0. The van der Waals surface area contributed by atoms with Crippen LogP contribution in [0.4, 0.5) is 18.9 Å². The molecule has 1 aliphatic carbocycles. The smallest absolute Gasteiger partial charge is 0.322 e. The zero-order valence-corrected chi connectivity index (χ0v) is 21.6. The number of hydrogen-bond acceptors (Lipinski definition) is 3. The fraction of sp³-hybridized carbons (Fsp3) is 0.321. The Bertz CT molecular complexity index is 1180. The minimum absolute atomic E-state index is 0. The highest BCUT2D eigenvalue weighted by molar-refractivity contribution is 6.04. The predicted octanol–water partition coefficient (Wildman–Crippen LogP) is 6.74. The molecule has 0 radical (unpaired) electrons. The number of piperidine rings is 1. The molecule has 2 unspecified atom stereocenters. The Morgan fingerprint density at radius 3 is 2.30 bits per heavy atom. The Balaban J connectivity index is 0.00000190. The van der Waals surface area contributed by atoms with E-state index < -0.39 is 17.6 Å². The van der Waals surface area contributed by atoms with Crippen molar-refractivity contribution in [1.82, 2.24) is 10.6 Å². The Kier molecular flexibility index (Phi) is 9.64. The normalized spacial score (nSPS) is 22.8. The van der Waals surface area contributed by atoms with Crippen LogP contribution in [0.25, 0.3) is 0 Å². The van der Waals surface area contributed by atoms with Gasteiger partial charge in [-0.25, -0.2) is 0 Å². The predicted molar refractivity (Wildman–Crippen MR) is 145 cm³/mol. The number of alkyl halides is 3. The summed E-state index contributed by atoms with van der Waals surface area (Å²) in [4.78, 5) is 12.4.